The van der Waals surface area contributed by atoms with Gasteiger partial charge < -0.3 is 15.1 Å². The predicted octanol–water partition coefficient (Wildman–Crippen LogP) is 2.68. The average molecular weight is 342 g/mol. The molecule has 3 aliphatic rings. The number of aromatic nitrogens is 1. The minimum absolute atomic E-state index is 0.0742. The number of piperidine rings is 2. The first kappa shape index (κ1) is 16.8. The van der Waals surface area contributed by atoms with Crippen molar-refractivity contribution < 1.29 is 4.79 Å². The van der Waals surface area contributed by atoms with Crippen LogP contribution in [0.4, 0.5) is 5.82 Å². The van der Waals surface area contributed by atoms with Gasteiger partial charge in [-0.3, -0.25) is 4.79 Å². The molecule has 1 aromatic rings. The summed E-state index contributed by atoms with van der Waals surface area (Å²) in [5.74, 6) is 0.935. The van der Waals surface area contributed by atoms with Crippen molar-refractivity contribution in [3.8, 4) is 0 Å². The number of nitrogens with zero attached hydrogens (tertiary/aromatic N) is 3. The van der Waals surface area contributed by atoms with Crippen molar-refractivity contribution in [3.05, 3.63) is 23.9 Å². The van der Waals surface area contributed by atoms with Gasteiger partial charge in [0.25, 0.3) is 5.91 Å². The highest BCUT2D eigenvalue weighted by atomic mass is 16.1. The summed E-state index contributed by atoms with van der Waals surface area (Å²) in [6, 6.07) is 4.77. The summed E-state index contributed by atoms with van der Waals surface area (Å²) < 4.78 is 0. The molecule has 1 aromatic heterocycles. The lowest BCUT2D eigenvalue weighted by atomic mass is 9.70. The van der Waals surface area contributed by atoms with Crippen molar-refractivity contribution in [1.82, 2.24) is 15.2 Å². The maximum absolute atomic E-state index is 11.6. The first-order chi connectivity index (χ1) is 12.2. The Morgan fingerprint density at radius 1 is 1.12 bits per heavy atom. The van der Waals surface area contributed by atoms with E-state index in [1.165, 1.54) is 58.0 Å². The molecule has 3 heterocycles. The van der Waals surface area contributed by atoms with Gasteiger partial charge in [0.2, 0.25) is 0 Å². The maximum atomic E-state index is 11.6. The molecule has 0 bridgehead atoms. The van der Waals surface area contributed by atoms with E-state index in [1.54, 1.807) is 13.2 Å². The molecule has 25 heavy (non-hydrogen) atoms. The Morgan fingerprint density at radius 2 is 1.80 bits per heavy atom. The van der Waals surface area contributed by atoms with Crippen LogP contribution < -0.4 is 10.2 Å². The molecule has 4 rings (SSSR count). The molecule has 1 amide bonds. The van der Waals surface area contributed by atoms with Gasteiger partial charge in [-0.2, -0.15) is 0 Å². The molecule has 0 radical (unpaired) electrons. The molecule has 1 spiro atoms. The number of carbonyl (C=O) groups excluding carboxylic acids is 1. The fraction of sp³-hybridized carbons (Fsp3) is 0.700. The Morgan fingerprint density at radius 3 is 2.32 bits per heavy atom. The van der Waals surface area contributed by atoms with Crippen LogP contribution in [0.3, 0.4) is 0 Å². The standard InChI is InChI=1S/C20H30N4O/c1-21-19(25)16-5-6-18(22-15-16)24-13-9-20(10-14-24)7-11-23(12-8-20)17-3-2-4-17/h5-6,15,17H,2-4,7-14H2,1H3,(H,21,25). The number of hydrogen-bond acceptors (Lipinski definition) is 4. The number of carbonyl (C=O) groups is 1. The van der Waals surface area contributed by atoms with Crippen molar-refractivity contribution >= 4 is 11.7 Å². The maximum Gasteiger partial charge on any atom is 0.252 e. The summed E-state index contributed by atoms with van der Waals surface area (Å²) in [6.45, 7) is 4.80. The lowest BCUT2D eigenvalue weighted by Gasteiger charge is -2.50. The quantitative estimate of drug-likeness (QED) is 0.917. The Bertz CT molecular complexity index is 593. The van der Waals surface area contributed by atoms with Gasteiger partial charge in [-0.1, -0.05) is 6.42 Å². The van der Waals surface area contributed by atoms with Crippen LogP contribution in [0.1, 0.15) is 55.3 Å². The fourth-order valence-corrected chi connectivity index (χ4v) is 4.68. The third kappa shape index (κ3) is 3.39. The second-order valence-corrected chi connectivity index (χ2v) is 8.09. The average Bonchev–Trinajstić information content (AvgIpc) is 2.62. The van der Waals surface area contributed by atoms with E-state index in [4.69, 9.17) is 0 Å². The smallest absolute Gasteiger partial charge is 0.252 e. The molecular formula is C20H30N4O. The molecule has 2 aliphatic heterocycles. The van der Waals surface area contributed by atoms with Crippen LogP contribution in [0.5, 0.6) is 0 Å². The lowest BCUT2D eigenvalue weighted by Crippen LogP contribution is -2.51. The van der Waals surface area contributed by atoms with E-state index in [-0.39, 0.29) is 5.91 Å². The van der Waals surface area contributed by atoms with Crippen LogP contribution in [0.25, 0.3) is 0 Å². The van der Waals surface area contributed by atoms with Gasteiger partial charge in [-0.05, 0) is 69.2 Å². The molecule has 0 atom stereocenters. The number of nitrogens with one attached hydrogen (secondary N) is 1. The normalized spacial score (nSPS) is 24.1. The van der Waals surface area contributed by atoms with Crippen molar-refractivity contribution in [3.63, 3.8) is 0 Å². The van der Waals surface area contributed by atoms with Crippen LogP contribution >= 0.6 is 0 Å². The van der Waals surface area contributed by atoms with Crippen molar-refractivity contribution in [2.75, 3.05) is 38.1 Å². The van der Waals surface area contributed by atoms with Crippen LogP contribution in [0.15, 0.2) is 18.3 Å². The van der Waals surface area contributed by atoms with E-state index >= 15 is 0 Å². The first-order valence-electron chi connectivity index (χ1n) is 9.86. The number of hydrogen-bond donors (Lipinski definition) is 1. The van der Waals surface area contributed by atoms with Gasteiger partial charge in [-0.25, -0.2) is 4.98 Å². The zero-order chi connectivity index (χ0) is 17.3. The second-order valence-electron chi connectivity index (χ2n) is 8.09. The summed E-state index contributed by atoms with van der Waals surface area (Å²) in [6.07, 6.45) is 11.3. The van der Waals surface area contributed by atoms with E-state index < -0.39 is 0 Å². The predicted molar refractivity (Wildman–Crippen MR) is 100.0 cm³/mol. The van der Waals surface area contributed by atoms with Gasteiger partial charge in [0, 0.05) is 32.4 Å². The third-order valence-electron chi connectivity index (χ3n) is 6.84. The Hall–Kier alpha value is -1.62. The SMILES string of the molecule is CNC(=O)c1ccc(N2CCC3(CC2)CCN(C2CCC2)CC3)nc1. The van der Waals surface area contributed by atoms with Gasteiger partial charge in [-0.15, -0.1) is 0 Å². The largest absolute Gasteiger partial charge is 0.357 e. The minimum atomic E-state index is -0.0742. The molecule has 0 unspecified atom stereocenters. The summed E-state index contributed by atoms with van der Waals surface area (Å²) >= 11 is 0. The highest BCUT2D eigenvalue weighted by Gasteiger charge is 2.39. The summed E-state index contributed by atoms with van der Waals surface area (Å²) in [5.41, 5.74) is 1.20. The number of pyridine rings is 1. The highest BCUT2D eigenvalue weighted by molar-refractivity contribution is 5.93. The lowest BCUT2D eigenvalue weighted by molar-refractivity contribution is 0.0305. The fourth-order valence-electron chi connectivity index (χ4n) is 4.68. The molecule has 136 valence electrons. The van der Waals surface area contributed by atoms with E-state index in [1.807, 2.05) is 12.1 Å². The summed E-state index contributed by atoms with van der Waals surface area (Å²) in [5, 5.41) is 2.64. The highest BCUT2D eigenvalue weighted by Crippen LogP contribution is 2.43. The van der Waals surface area contributed by atoms with E-state index in [9.17, 15) is 4.79 Å². The zero-order valence-corrected chi connectivity index (χ0v) is 15.3. The minimum Gasteiger partial charge on any atom is -0.357 e. The number of anilines is 1. The van der Waals surface area contributed by atoms with Gasteiger partial charge >= 0.3 is 0 Å². The Kier molecular flexibility index (Phi) is 4.67. The van der Waals surface area contributed by atoms with Gasteiger partial charge in [0.15, 0.2) is 0 Å². The van der Waals surface area contributed by atoms with E-state index in [0.717, 1.165) is 24.9 Å². The number of rotatable bonds is 3. The molecule has 5 heteroatoms. The molecule has 0 aromatic carbocycles. The monoisotopic (exact) mass is 342 g/mol. The van der Waals surface area contributed by atoms with Crippen LogP contribution in [0, 0.1) is 5.41 Å². The summed E-state index contributed by atoms with van der Waals surface area (Å²) in [4.78, 5) is 21.3. The zero-order valence-electron chi connectivity index (χ0n) is 15.3. The van der Waals surface area contributed by atoms with Gasteiger partial charge in [0.1, 0.15) is 5.82 Å². The van der Waals surface area contributed by atoms with Crippen LogP contribution in [-0.4, -0.2) is 55.1 Å². The van der Waals surface area contributed by atoms with E-state index in [2.05, 4.69) is 20.1 Å². The first-order valence-corrected chi connectivity index (χ1v) is 9.86. The topological polar surface area (TPSA) is 48.5 Å². The molecule has 1 N–H and O–H groups in total. The van der Waals surface area contributed by atoms with Gasteiger partial charge in [0.05, 0.1) is 5.56 Å². The molecule has 3 fully saturated rings. The van der Waals surface area contributed by atoms with Crippen LogP contribution in [-0.2, 0) is 0 Å². The number of likely N-dealkylation sites (tertiary alicyclic amines) is 1. The molecular weight excluding hydrogens is 312 g/mol. The molecule has 1 saturated carbocycles. The van der Waals surface area contributed by atoms with Crippen LogP contribution in [0.2, 0.25) is 0 Å². The Balaban J connectivity index is 1.31. The summed E-state index contributed by atoms with van der Waals surface area (Å²) in [7, 11) is 1.65. The van der Waals surface area contributed by atoms with Crippen molar-refractivity contribution in [1.29, 1.82) is 0 Å². The Labute approximate surface area is 150 Å². The molecule has 5 nitrogen and oxygen atoms in total. The third-order valence-corrected chi connectivity index (χ3v) is 6.84. The number of amides is 1. The molecule has 2 saturated heterocycles. The van der Waals surface area contributed by atoms with Crippen molar-refractivity contribution in [2.45, 2.75) is 51.0 Å². The van der Waals surface area contributed by atoms with Crippen molar-refractivity contribution in [2.24, 2.45) is 5.41 Å². The molecule has 1 aliphatic carbocycles. The van der Waals surface area contributed by atoms with E-state index in [0.29, 0.717) is 11.0 Å². The second kappa shape index (κ2) is 6.94.